The number of aryl methyl sites for hydroxylation is 1. The zero-order valence-corrected chi connectivity index (χ0v) is 14.6. The summed E-state index contributed by atoms with van der Waals surface area (Å²) in [6.07, 6.45) is 3.95. The van der Waals surface area contributed by atoms with E-state index in [-0.39, 0.29) is 0 Å². The van der Waals surface area contributed by atoms with Gasteiger partial charge in [-0.2, -0.15) is 20.0 Å². The normalized spacial score (nSPS) is 14.6. The number of rotatable bonds is 4. The molecule has 0 spiro atoms. The Kier molecular flexibility index (Phi) is 3.82. The largest absolute Gasteiger partial charge is 0.250 e. The SMILES string of the molecule is Cc1nn(-c2ccccc2)c(Cl)c1/C=N\n1c(C2CC2)n[nH]c1=S. The first kappa shape index (κ1) is 15.3. The van der Waals surface area contributed by atoms with E-state index < -0.39 is 0 Å². The van der Waals surface area contributed by atoms with E-state index in [1.165, 1.54) is 0 Å². The number of halogens is 1. The highest BCUT2D eigenvalue weighted by Crippen LogP contribution is 2.38. The van der Waals surface area contributed by atoms with Gasteiger partial charge >= 0.3 is 0 Å². The summed E-state index contributed by atoms with van der Waals surface area (Å²) in [6.45, 7) is 1.91. The molecular weight excluding hydrogens is 344 g/mol. The molecule has 1 N–H and O–H groups in total. The van der Waals surface area contributed by atoms with Gasteiger partial charge in [-0.15, -0.1) is 0 Å². The lowest BCUT2D eigenvalue weighted by molar-refractivity contribution is 0.772. The summed E-state index contributed by atoms with van der Waals surface area (Å²) in [4.78, 5) is 0. The Morgan fingerprint density at radius 2 is 2.08 bits per heavy atom. The van der Waals surface area contributed by atoms with Gasteiger partial charge in [0.15, 0.2) is 5.82 Å². The molecule has 122 valence electrons. The minimum atomic E-state index is 0.443. The van der Waals surface area contributed by atoms with Gasteiger partial charge in [0.1, 0.15) is 5.15 Å². The summed E-state index contributed by atoms with van der Waals surface area (Å²) >= 11 is 11.8. The summed E-state index contributed by atoms with van der Waals surface area (Å²) < 4.78 is 3.86. The maximum atomic E-state index is 6.51. The number of hydrogen-bond acceptors (Lipinski definition) is 4. The second-order valence-corrected chi connectivity index (χ2v) is 6.50. The molecule has 0 radical (unpaired) electrons. The molecule has 1 aromatic carbocycles. The Hall–Kier alpha value is -2.25. The standard InChI is InChI=1S/C16H15ClN6S/c1-10-13(14(17)22(21-10)12-5-3-2-4-6-12)9-18-23-15(11-7-8-11)19-20-16(23)24/h2-6,9,11H,7-8H2,1H3,(H,20,24)/b18-9-. The van der Waals surface area contributed by atoms with Crippen LogP contribution in [0.5, 0.6) is 0 Å². The molecule has 1 saturated carbocycles. The van der Waals surface area contributed by atoms with Crippen molar-refractivity contribution in [1.29, 1.82) is 0 Å². The van der Waals surface area contributed by atoms with Gasteiger partial charge in [0.05, 0.1) is 23.2 Å². The Morgan fingerprint density at radius 1 is 1.33 bits per heavy atom. The van der Waals surface area contributed by atoms with E-state index in [4.69, 9.17) is 23.8 Å². The van der Waals surface area contributed by atoms with Gasteiger partial charge in [-0.05, 0) is 44.1 Å². The monoisotopic (exact) mass is 358 g/mol. The van der Waals surface area contributed by atoms with Crippen molar-refractivity contribution in [3.63, 3.8) is 0 Å². The van der Waals surface area contributed by atoms with E-state index in [2.05, 4.69) is 20.4 Å². The van der Waals surface area contributed by atoms with Crippen molar-refractivity contribution in [1.82, 2.24) is 24.7 Å². The summed E-state index contributed by atoms with van der Waals surface area (Å²) in [5.74, 6) is 1.32. The smallest absolute Gasteiger partial charge is 0.216 e. The van der Waals surface area contributed by atoms with Crippen LogP contribution in [0.4, 0.5) is 0 Å². The van der Waals surface area contributed by atoms with Gasteiger partial charge in [-0.25, -0.2) is 4.68 Å². The summed E-state index contributed by atoms with van der Waals surface area (Å²) in [7, 11) is 0. The van der Waals surface area contributed by atoms with Crippen LogP contribution in [0.1, 0.15) is 35.8 Å². The molecule has 24 heavy (non-hydrogen) atoms. The molecule has 0 aliphatic heterocycles. The molecule has 1 aliphatic rings. The zero-order chi connectivity index (χ0) is 16.7. The lowest BCUT2D eigenvalue weighted by Gasteiger charge is -2.02. The number of aromatic amines is 1. The van der Waals surface area contributed by atoms with Crippen LogP contribution in [-0.4, -0.2) is 30.9 Å². The molecule has 0 bridgehead atoms. The third-order valence-electron chi connectivity index (χ3n) is 3.97. The van der Waals surface area contributed by atoms with Gasteiger partial charge in [0.2, 0.25) is 4.77 Å². The van der Waals surface area contributed by atoms with Crippen molar-refractivity contribution in [3.8, 4) is 5.69 Å². The fourth-order valence-corrected chi connectivity index (χ4v) is 3.04. The van der Waals surface area contributed by atoms with Crippen molar-refractivity contribution < 1.29 is 0 Å². The molecule has 0 atom stereocenters. The van der Waals surface area contributed by atoms with Crippen molar-refractivity contribution in [2.45, 2.75) is 25.7 Å². The van der Waals surface area contributed by atoms with Gasteiger partial charge in [0.25, 0.3) is 0 Å². The van der Waals surface area contributed by atoms with Crippen LogP contribution in [0, 0.1) is 11.7 Å². The summed E-state index contributed by atoms with van der Waals surface area (Å²) in [6, 6.07) is 9.76. The zero-order valence-electron chi connectivity index (χ0n) is 13.0. The van der Waals surface area contributed by atoms with Crippen molar-refractivity contribution in [2.75, 3.05) is 0 Å². The lowest BCUT2D eigenvalue weighted by Crippen LogP contribution is -1.98. The predicted molar refractivity (Wildman–Crippen MR) is 95.7 cm³/mol. The Balaban J connectivity index is 1.72. The van der Waals surface area contributed by atoms with Crippen molar-refractivity contribution in [3.05, 3.63) is 57.3 Å². The van der Waals surface area contributed by atoms with E-state index in [9.17, 15) is 0 Å². The molecule has 6 nitrogen and oxygen atoms in total. The van der Waals surface area contributed by atoms with Gasteiger partial charge in [0, 0.05) is 5.92 Å². The third-order valence-corrected chi connectivity index (χ3v) is 4.60. The number of nitrogens with one attached hydrogen (secondary N) is 1. The predicted octanol–water partition coefficient (Wildman–Crippen LogP) is 3.85. The number of benzene rings is 1. The number of nitrogens with zero attached hydrogens (tertiary/aromatic N) is 5. The topological polar surface area (TPSA) is 63.8 Å². The average molecular weight is 359 g/mol. The first-order valence-corrected chi connectivity index (χ1v) is 8.46. The minimum Gasteiger partial charge on any atom is -0.250 e. The second kappa shape index (κ2) is 5.99. The second-order valence-electron chi connectivity index (χ2n) is 5.75. The molecule has 2 heterocycles. The Labute approximate surface area is 148 Å². The molecule has 2 aromatic heterocycles. The molecular formula is C16H15ClN6S. The number of H-pyrrole nitrogens is 1. The number of para-hydroxylation sites is 1. The third kappa shape index (κ3) is 2.70. The molecule has 1 aliphatic carbocycles. The maximum Gasteiger partial charge on any atom is 0.216 e. The highest BCUT2D eigenvalue weighted by atomic mass is 35.5. The van der Waals surface area contributed by atoms with E-state index in [1.807, 2.05) is 37.3 Å². The molecule has 0 saturated heterocycles. The fraction of sp³-hybridized carbons (Fsp3) is 0.250. The minimum absolute atomic E-state index is 0.443. The first-order chi connectivity index (χ1) is 11.6. The molecule has 3 aromatic rings. The summed E-state index contributed by atoms with van der Waals surface area (Å²) in [5, 5.41) is 16.6. The first-order valence-electron chi connectivity index (χ1n) is 7.67. The van der Waals surface area contributed by atoms with Crippen molar-refractivity contribution in [2.24, 2.45) is 5.10 Å². The highest BCUT2D eigenvalue weighted by Gasteiger charge is 2.29. The van der Waals surface area contributed by atoms with E-state index in [1.54, 1.807) is 15.6 Å². The molecule has 0 unspecified atom stereocenters. The number of hydrogen-bond donors (Lipinski definition) is 1. The maximum absolute atomic E-state index is 6.51. The van der Waals surface area contributed by atoms with Gasteiger partial charge in [-0.1, -0.05) is 29.8 Å². The lowest BCUT2D eigenvalue weighted by atomic mass is 10.3. The van der Waals surface area contributed by atoms with Crippen LogP contribution in [0.2, 0.25) is 5.15 Å². The van der Waals surface area contributed by atoms with Crippen LogP contribution in [0.3, 0.4) is 0 Å². The summed E-state index contributed by atoms with van der Waals surface area (Å²) in [5.41, 5.74) is 2.48. The molecule has 0 amide bonds. The van der Waals surface area contributed by atoms with Crippen molar-refractivity contribution >= 4 is 30.0 Å². The highest BCUT2D eigenvalue weighted by molar-refractivity contribution is 7.71. The van der Waals surface area contributed by atoms with E-state index in [0.29, 0.717) is 15.8 Å². The molecule has 4 rings (SSSR count). The van der Waals surface area contributed by atoms with Crippen LogP contribution in [0.15, 0.2) is 35.4 Å². The van der Waals surface area contributed by atoms with Crippen LogP contribution in [0.25, 0.3) is 5.69 Å². The van der Waals surface area contributed by atoms with E-state index >= 15 is 0 Å². The number of aromatic nitrogens is 5. The van der Waals surface area contributed by atoms with Gasteiger partial charge < -0.3 is 0 Å². The fourth-order valence-electron chi connectivity index (χ4n) is 2.53. The quantitative estimate of drug-likeness (QED) is 0.569. The molecule has 1 fully saturated rings. The van der Waals surface area contributed by atoms with Crippen LogP contribution < -0.4 is 0 Å². The van der Waals surface area contributed by atoms with Crippen LogP contribution >= 0.6 is 23.8 Å². The Bertz CT molecular complexity index is 964. The van der Waals surface area contributed by atoms with Gasteiger partial charge in [-0.3, -0.25) is 5.10 Å². The average Bonchev–Trinajstić information content (AvgIpc) is 3.31. The van der Waals surface area contributed by atoms with Crippen LogP contribution in [-0.2, 0) is 0 Å². The van der Waals surface area contributed by atoms with E-state index in [0.717, 1.165) is 35.6 Å². The molecule has 8 heteroatoms. The Morgan fingerprint density at radius 3 is 2.79 bits per heavy atom.